The van der Waals surface area contributed by atoms with Gasteiger partial charge in [-0.05, 0) is 39.1 Å². The molecule has 0 radical (unpaired) electrons. The molecule has 68 valence electrons. The van der Waals surface area contributed by atoms with Crippen LogP contribution in [0.4, 0.5) is 0 Å². The number of nitrogens with one attached hydrogen (secondary N) is 1. The molecular weight excluding hydrogens is 136 g/mol. The molecule has 0 atom stereocenters. The van der Waals surface area contributed by atoms with Crippen molar-refractivity contribution in [2.45, 2.75) is 27.2 Å². The van der Waals surface area contributed by atoms with Gasteiger partial charge in [-0.15, -0.1) is 0 Å². The molecule has 0 saturated heterocycles. The maximum Gasteiger partial charge on any atom is -0.000687 e. The van der Waals surface area contributed by atoms with Crippen LogP contribution in [-0.2, 0) is 0 Å². The second-order valence-corrected chi connectivity index (χ2v) is 2.73. The third-order valence-electron chi connectivity index (χ3n) is 1.97. The number of hydrogen-bond acceptors (Lipinski definition) is 2. The molecule has 0 aromatic rings. The van der Waals surface area contributed by atoms with E-state index < -0.39 is 0 Å². The summed E-state index contributed by atoms with van der Waals surface area (Å²) in [5.74, 6) is 0. The Labute approximate surface area is 71.0 Å². The Hall–Kier alpha value is -0.0800. The zero-order valence-electron chi connectivity index (χ0n) is 8.19. The van der Waals surface area contributed by atoms with E-state index >= 15 is 0 Å². The van der Waals surface area contributed by atoms with Gasteiger partial charge in [0.25, 0.3) is 0 Å². The predicted octanol–water partition coefficient (Wildman–Crippen LogP) is 1.33. The van der Waals surface area contributed by atoms with E-state index in [1.807, 2.05) is 0 Å². The van der Waals surface area contributed by atoms with Crippen molar-refractivity contribution in [3.8, 4) is 0 Å². The van der Waals surface area contributed by atoms with Crippen LogP contribution in [-0.4, -0.2) is 37.6 Å². The third kappa shape index (κ3) is 6.32. The summed E-state index contributed by atoms with van der Waals surface area (Å²) in [6.07, 6.45) is 1.27. The van der Waals surface area contributed by atoms with E-state index in [-0.39, 0.29) is 0 Å². The van der Waals surface area contributed by atoms with Crippen molar-refractivity contribution in [2.24, 2.45) is 0 Å². The smallest absolute Gasteiger partial charge is 0.000687 e. The Balaban J connectivity index is 3.07. The van der Waals surface area contributed by atoms with Gasteiger partial charge in [0, 0.05) is 0 Å². The van der Waals surface area contributed by atoms with Crippen molar-refractivity contribution in [3.05, 3.63) is 0 Å². The van der Waals surface area contributed by atoms with Gasteiger partial charge in [-0.1, -0.05) is 20.8 Å². The first-order valence-electron chi connectivity index (χ1n) is 4.78. The fraction of sp³-hybridized carbons (Fsp3) is 1.00. The lowest BCUT2D eigenvalue weighted by atomic mass is 10.3. The quantitative estimate of drug-likeness (QED) is 0.562. The Morgan fingerprint density at radius 1 is 1.09 bits per heavy atom. The lowest BCUT2D eigenvalue weighted by molar-refractivity contribution is 0.298. The molecule has 0 spiro atoms. The Morgan fingerprint density at radius 3 is 2.18 bits per heavy atom. The molecule has 0 bridgehead atoms. The zero-order valence-corrected chi connectivity index (χ0v) is 8.19. The minimum atomic E-state index is 1.10. The molecule has 0 heterocycles. The van der Waals surface area contributed by atoms with Gasteiger partial charge < -0.3 is 10.2 Å². The third-order valence-corrected chi connectivity index (χ3v) is 1.97. The summed E-state index contributed by atoms with van der Waals surface area (Å²) in [5, 5.41) is 3.33. The molecule has 1 N–H and O–H groups in total. The molecule has 2 nitrogen and oxygen atoms in total. The first kappa shape index (κ1) is 10.9. The van der Waals surface area contributed by atoms with E-state index in [1.165, 1.54) is 26.1 Å². The molecule has 0 aromatic carbocycles. The van der Waals surface area contributed by atoms with E-state index in [2.05, 4.69) is 31.0 Å². The normalized spacial score (nSPS) is 10.9. The van der Waals surface area contributed by atoms with Crippen molar-refractivity contribution >= 4 is 0 Å². The van der Waals surface area contributed by atoms with Gasteiger partial charge >= 0.3 is 0 Å². The second kappa shape index (κ2) is 8.02. The summed E-state index contributed by atoms with van der Waals surface area (Å²) in [4.78, 5) is 2.46. The highest BCUT2D eigenvalue weighted by Gasteiger charge is 1.96. The van der Waals surface area contributed by atoms with Crippen LogP contribution >= 0.6 is 0 Å². The van der Waals surface area contributed by atoms with Crippen LogP contribution in [0.3, 0.4) is 0 Å². The second-order valence-electron chi connectivity index (χ2n) is 2.73. The molecule has 0 aliphatic heterocycles. The predicted molar refractivity (Wildman–Crippen MR) is 50.9 cm³/mol. The van der Waals surface area contributed by atoms with Gasteiger partial charge in [-0.2, -0.15) is 0 Å². The summed E-state index contributed by atoms with van der Waals surface area (Å²) in [7, 11) is 0. The van der Waals surface area contributed by atoms with Gasteiger partial charge in [0.1, 0.15) is 0 Å². The molecule has 11 heavy (non-hydrogen) atoms. The summed E-state index contributed by atoms with van der Waals surface area (Å²) < 4.78 is 0. The van der Waals surface area contributed by atoms with Gasteiger partial charge in [0.05, 0.1) is 0 Å². The van der Waals surface area contributed by atoms with Crippen LogP contribution < -0.4 is 5.32 Å². The van der Waals surface area contributed by atoms with Crippen molar-refractivity contribution < 1.29 is 0 Å². The number of nitrogens with zero attached hydrogens (tertiary/aromatic N) is 1. The maximum absolute atomic E-state index is 3.33. The van der Waals surface area contributed by atoms with Crippen LogP contribution in [0, 0.1) is 0 Å². The summed E-state index contributed by atoms with van der Waals surface area (Å²) in [6, 6.07) is 0. The van der Waals surface area contributed by atoms with Gasteiger partial charge in [-0.3, -0.25) is 0 Å². The van der Waals surface area contributed by atoms with Crippen LogP contribution in [0.5, 0.6) is 0 Å². The van der Waals surface area contributed by atoms with Gasteiger partial charge in [0.15, 0.2) is 0 Å². The van der Waals surface area contributed by atoms with Crippen molar-refractivity contribution in [1.29, 1.82) is 0 Å². The van der Waals surface area contributed by atoms with E-state index in [4.69, 9.17) is 0 Å². The van der Waals surface area contributed by atoms with E-state index in [0.717, 1.165) is 13.1 Å². The van der Waals surface area contributed by atoms with Gasteiger partial charge in [0.2, 0.25) is 0 Å². The Morgan fingerprint density at radius 2 is 1.73 bits per heavy atom. The fourth-order valence-electron chi connectivity index (χ4n) is 1.14. The molecule has 0 fully saturated rings. The van der Waals surface area contributed by atoms with E-state index in [1.54, 1.807) is 0 Å². The Bertz CT molecular complexity index is 70.0. The van der Waals surface area contributed by atoms with E-state index in [0.29, 0.717) is 0 Å². The van der Waals surface area contributed by atoms with Crippen molar-refractivity contribution in [1.82, 2.24) is 10.2 Å². The van der Waals surface area contributed by atoms with Crippen molar-refractivity contribution in [2.75, 3.05) is 32.7 Å². The molecule has 0 aromatic heterocycles. The molecule has 0 amide bonds. The largest absolute Gasteiger partial charge is 0.317 e. The summed E-state index contributed by atoms with van der Waals surface area (Å²) >= 11 is 0. The molecular formula is C9H22N2. The highest BCUT2D eigenvalue weighted by Crippen LogP contribution is 1.88. The highest BCUT2D eigenvalue weighted by atomic mass is 15.1. The molecule has 0 saturated carbocycles. The van der Waals surface area contributed by atoms with Crippen LogP contribution in [0.2, 0.25) is 0 Å². The summed E-state index contributed by atoms with van der Waals surface area (Å²) in [5.41, 5.74) is 0. The minimum Gasteiger partial charge on any atom is -0.317 e. The monoisotopic (exact) mass is 158 g/mol. The van der Waals surface area contributed by atoms with Crippen molar-refractivity contribution in [3.63, 3.8) is 0 Å². The molecule has 0 aliphatic rings. The lowest BCUT2D eigenvalue weighted by Crippen LogP contribution is -2.27. The van der Waals surface area contributed by atoms with Gasteiger partial charge in [-0.25, -0.2) is 0 Å². The maximum atomic E-state index is 3.33. The van der Waals surface area contributed by atoms with Crippen LogP contribution in [0.25, 0.3) is 0 Å². The zero-order chi connectivity index (χ0) is 8.53. The van der Waals surface area contributed by atoms with E-state index in [9.17, 15) is 0 Å². The molecule has 0 rings (SSSR count). The molecule has 0 aliphatic carbocycles. The molecule has 2 heteroatoms. The fourth-order valence-corrected chi connectivity index (χ4v) is 1.14. The average molecular weight is 158 g/mol. The highest BCUT2D eigenvalue weighted by molar-refractivity contribution is 4.53. The number of hydrogen-bond donors (Lipinski definition) is 1. The average Bonchev–Trinajstić information content (AvgIpc) is 2.05. The first-order valence-corrected chi connectivity index (χ1v) is 4.78. The topological polar surface area (TPSA) is 15.3 Å². The first-order chi connectivity index (χ1) is 5.35. The SMILES string of the molecule is CCNCCCN(CC)CC. The molecule has 0 unspecified atom stereocenters. The lowest BCUT2D eigenvalue weighted by Gasteiger charge is -2.17. The standard InChI is InChI=1S/C9H22N2/c1-4-10-8-7-9-11(5-2)6-3/h10H,4-9H2,1-3H3. The summed E-state index contributed by atoms with van der Waals surface area (Å²) in [6.45, 7) is 12.4. The minimum absolute atomic E-state index is 1.10. The Kier molecular flexibility index (Phi) is 7.96. The number of rotatable bonds is 7. The van der Waals surface area contributed by atoms with Crippen LogP contribution in [0.1, 0.15) is 27.2 Å². The van der Waals surface area contributed by atoms with Crippen LogP contribution in [0.15, 0.2) is 0 Å².